The fourth-order valence-electron chi connectivity index (χ4n) is 6.56. The van der Waals surface area contributed by atoms with E-state index in [9.17, 15) is 22.8 Å². The molecule has 0 radical (unpaired) electrons. The number of carbonyl (C=O) groups is 1. The van der Waals surface area contributed by atoms with Crippen LogP contribution in [0.25, 0.3) is 22.5 Å². The van der Waals surface area contributed by atoms with Crippen LogP contribution < -0.4 is 15.2 Å². The molecular formula is C50H43Cl2F3N8O4. The quantitative estimate of drug-likeness (QED) is 0.0758. The Morgan fingerprint density at radius 2 is 1.19 bits per heavy atom. The molecule has 4 heterocycles. The van der Waals surface area contributed by atoms with Crippen LogP contribution in [0.3, 0.4) is 0 Å². The summed E-state index contributed by atoms with van der Waals surface area (Å²) in [5.74, 6) is 2.54. The molecule has 0 unspecified atom stereocenters. The number of halogens is 5. The van der Waals surface area contributed by atoms with E-state index in [1.807, 2.05) is 77.6 Å². The van der Waals surface area contributed by atoms with E-state index in [0.717, 1.165) is 62.3 Å². The normalized spacial score (nSPS) is 10.8. The topological polar surface area (TPSA) is 152 Å². The third-order valence-electron chi connectivity index (χ3n) is 9.98. The maximum atomic E-state index is 13.1. The van der Waals surface area contributed by atoms with E-state index in [1.165, 1.54) is 18.2 Å². The molecule has 0 aliphatic heterocycles. The average molecular weight is 948 g/mol. The lowest BCUT2D eigenvalue weighted by molar-refractivity contribution is -0.137. The number of ether oxygens (including phenoxy) is 2. The van der Waals surface area contributed by atoms with Gasteiger partial charge in [-0.3, -0.25) is 24.1 Å². The number of nitrogens with two attached hydrogens (primary N) is 1. The summed E-state index contributed by atoms with van der Waals surface area (Å²) in [5.41, 5.74) is 13.3. The predicted molar refractivity (Wildman–Crippen MR) is 253 cm³/mol. The van der Waals surface area contributed by atoms with E-state index in [1.54, 1.807) is 82.7 Å². The smallest absolute Gasteiger partial charge is 0.417 e. The summed E-state index contributed by atoms with van der Waals surface area (Å²) < 4.78 is 54.5. The molecule has 8 rings (SSSR count). The van der Waals surface area contributed by atoms with Crippen molar-refractivity contribution < 1.29 is 32.2 Å². The second-order valence-electron chi connectivity index (χ2n) is 15.1. The SMILES string of the molecule is Cc1c(Oc2ccc(CC(=O)Cc3ccc(Cl)c(C(F)(F)F)c3)cc2)ccnc1-c1cnn(C)c1.Cc1c(Oc2ccc(N)cc2)ccnc1-c1cnn(C)c1.Cc1cc(N=C=O)ccc1Cl. The highest BCUT2D eigenvalue weighted by Crippen LogP contribution is 2.36. The summed E-state index contributed by atoms with van der Waals surface area (Å²) in [6, 6.07) is 26.6. The lowest BCUT2D eigenvalue weighted by Crippen LogP contribution is -2.10. The molecule has 4 aromatic carbocycles. The van der Waals surface area contributed by atoms with E-state index in [4.69, 9.17) is 38.4 Å². The van der Waals surface area contributed by atoms with Crippen molar-refractivity contribution in [1.82, 2.24) is 29.5 Å². The van der Waals surface area contributed by atoms with Gasteiger partial charge >= 0.3 is 6.18 Å². The molecule has 12 nitrogen and oxygen atoms in total. The number of hydrogen-bond donors (Lipinski definition) is 1. The Morgan fingerprint density at radius 1 is 0.701 bits per heavy atom. The molecule has 0 aliphatic rings. The first-order chi connectivity index (χ1) is 32.0. The van der Waals surface area contributed by atoms with Crippen LogP contribution in [0.2, 0.25) is 10.0 Å². The highest BCUT2D eigenvalue weighted by atomic mass is 35.5. The molecule has 17 heteroatoms. The second-order valence-corrected chi connectivity index (χ2v) is 15.9. The Morgan fingerprint density at radius 3 is 1.67 bits per heavy atom. The molecule has 0 amide bonds. The molecule has 0 atom stereocenters. The van der Waals surface area contributed by atoms with Gasteiger partial charge in [-0.1, -0.05) is 41.4 Å². The summed E-state index contributed by atoms with van der Waals surface area (Å²) in [7, 11) is 3.72. The molecule has 0 spiro atoms. The van der Waals surface area contributed by atoms with Gasteiger partial charge in [-0.25, -0.2) is 4.79 Å². The van der Waals surface area contributed by atoms with Crippen molar-refractivity contribution in [2.24, 2.45) is 19.1 Å². The summed E-state index contributed by atoms with van der Waals surface area (Å²) in [5, 5.41) is 8.65. The molecule has 0 saturated heterocycles. The number of ketones is 1. The average Bonchev–Trinajstić information content (AvgIpc) is 3.93. The zero-order valence-electron chi connectivity index (χ0n) is 36.8. The van der Waals surface area contributed by atoms with Gasteiger partial charge in [0.05, 0.1) is 40.1 Å². The molecular weight excluding hydrogens is 905 g/mol. The van der Waals surface area contributed by atoms with Crippen LogP contribution >= 0.6 is 23.2 Å². The molecule has 4 aromatic heterocycles. The first kappa shape index (κ1) is 48.9. The van der Waals surface area contributed by atoms with Crippen LogP contribution in [0.1, 0.15) is 33.4 Å². The number of aromatic nitrogens is 6. The maximum Gasteiger partial charge on any atom is 0.417 e. The van der Waals surface area contributed by atoms with E-state index in [2.05, 4.69) is 25.2 Å². The van der Waals surface area contributed by atoms with Crippen LogP contribution in [0.5, 0.6) is 23.0 Å². The summed E-state index contributed by atoms with van der Waals surface area (Å²) in [6.45, 7) is 5.76. The number of nitrogens with zero attached hydrogens (tertiary/aromatic N) is 7. The highest BCUT2D eigenvalue weighted by Gasteiger charge is 2.33. The molecule has 0 fully saturated rings. The van der Waals surface area contributed by atoms with Gasteiger partial charge in [-0.05, 0) is 116 Å². The number of hydrogen-bond acceptors (Lipinski definition) is 10. The van der Waals surface area contributed by atoms with Crippen molar-refractivity contribution >= 4 is 46.4 Å². The lowest BCUT2D eigenvalue weighted by Gasteiger charge is -2.12. The minimum absolute atomic E-state index is 0.0870. The van der Waals surface area contributed by atoms with Crippen molar-refractivity contribution in [2.45, 2.75) is 39.8 Å². The molecule has 2 N–H and O–H groups in total. The van der Waals surface area contributed by atoms with E-state index in [0.29, 0.717) is 27.9 Å². The largest absolute Gasteiger partial charge is 0.457 e. The first-order valence-corrected chi connectivity index (χ1v) is 21.1. The van der Waals surface area contributed by atoms with Gasteiger partial charge in [-0.2, -0.15) is 28.4 Å². The molecule has 0 aliphatic carbocycles. The van der Waals surface area contributed by atoms with Crippen molar-refractivity contribution in [1.29, 1.82) is 0 Å². The van der Waals surface area contributed by atoms with Gasteiger partial charge < -0.3 is 15.2 Å². The zero-order chi connectivity index (χ0) is 48.3. The van der Waals surface area contributed by atoms with Gasteiger partial charge in [0.15, 0.2) is 0 Å². The minimum Gasteiger partial charge on any atom is -0.457 e. The Labute approximate surface area is 394 Å². The first-order valence-electron chi connectivity index (χ1n) is 20.4. The van der Waals surface area contributed by atoms with Gasteiger partial charge in [0, 0.05) is 84.7 Å². The molecule has 67 heavy (non-hydrogen) atoms. The number of benzene rings is 4. The predicted octanol–water partition coefficient (Wildman–Crippen LogP) is 12.4. The number of carbonyl (C=O) groups excluding carboxylic acids is 2. The highest BCUT2D eigenvalue weighted by molar-refractivity contribution is 6.31. The Bertz CT molecular complexity index is 3040. The van der Waals surface area contributed by atoms with E-state index in [-0.39, 0.29) is 29.2 Å². The molecule has 8 aromatic rings. The third kappa shape index (κ3) is 13.5. The van der Waals surface area contributed by atoms with Crippen LogP contribution in [0, 0.1) is 20.8 Å². The Kier molecular flexibility index (Phi) is 16.1. The monoisotopic (exact) mass is 946 g/mol. The van der Waals surface area contributed by atoms with Crippen LogP contribution in [0.15, 0.2) is 139 Å². The zero-order valence-corrected chi connectivity index (χ0v) is 38.4. The van der Waals surface area contributed by atoms with Gasteiger partial charge in [0.2, 0.25) is 6.08 Å². The van der Waals surface area contributed by atoms with Crippen LogP contribution in [0.4, 0.5) is 24.5 Å². The van der Waals surface area contributed by atoms with E-state index < -0.39 is 11.7 Å². The molecule has 0 saturated carbocycles. The summed E-state index contributed by atoms with van der Waals surface area (Å²) >= 11 is 11.4. The number of alkyl halides is 3. The number of aryl methyl sites for hydroxylation is 3. The van der Waals surface area contributed by atoms with Crippen molar-refractivity contribution in [3.05, 3.63) is 178 Å². The molecule has 342 valence electrons. The number of Topliss-reactive ketones (excluding diaryl/α,β-unsaturated/α-hetero) is 1. The Balaban J connectivity index is 0.000000194. The van der Waals surface area contributed by atoms with Gasteiger partial charge in [0.1, 0.15) is 28.8 Å². The number of pyridine rings is 2. The Hall–Kier alpha value is -7.58. The van der Waals surface area contributed by atoms with E-state index >= 15 is 0 Å². The summed E-state index contributed by atoms with van der Waals surface area (Å²) in [6.07, 6.45) is 7.60. The minimum atomic E-state index is -4.57. The molecule has 0 bridgehead atoms. The van der Waals surface area contributed by atoms with Gasteiger partial charge in [0.25, 0.3) is 0 Å². The van der Waals surface area contributed by atoms with Crippen molar-refractivity contribution in [2.75, 3.05) is 5.73 Å². The van der Waals surface area contributed by atoms with Crippen molar-refractivity contribution in [3.63, 3.8) is 0 Å². The standard InChI is InChI=1S/C26H21ClF3N3O2.C16H16N4O.C8H6ClNO/c1-16-24(9-10-31-25(16)19-14-32-33(2)15-19)35-21-6-3-17(4-7-21)11-20(34)12-18-5-8-23(27)22(13-18)26(28,29)30;1-11-15(21-14-5-3-13(17)4-6-14)7-8-18-16(11)12-9-19-20(2)10-12;1-6-4-7(10-5-11)2-3-8(6)9/h3-10,13-15H,11-12H2,1-2H3;3-10H,17H2,1-2H3;2-4H,1H3. The number of rotatable bonds is 11. The fourth-order valence-corrected chi connectivity index (χ4v) is 6.90. The van der Waals surface area contributed by atoms with Gasteiger partial charge in [-0.15, -0.1) is 0 Å². The maximum absolute atomic E-state index is 13.1. The van der Waals surface area contributed by atoms with Crippen molar-refractivity contribution in [3.8, 4) is 45.5 Å². The summed E-state index contributed by atoms with van der Waals surface area (Å²) in [4.78, 5) is 34.6. The second kappa shape index (κ2) is 22.1. The lowest BCUT2D eigenvalue weighted by atomic mass is 10.0. The third-order valence-corrected chi connectivity index (χ3v) is 10.7. The number of aliphatic imine (C=N–C) groups is 1. The number of anilines is 1. The van der Waals surface area contributed by atoms with Crippen LogP contribution in [-0.2, 0) is 42.7 Å². The van der Waals surface area contributed by atoms with Crippen LogP contribution in [-0.4, -0.2) is 41.4 Å². The number of isocyanates is 1. The number of nitrogen functional groups attached to an aromatic ring is 1. The fraction of sp³-hybridized carbons (Fsp3) is 0.160.